The molecule has 3 N–H and O–H groups in total. The van der Waals surface area contributed by atoms with E-state index in [-0.39, 0.29) is 29.3 Å². The van der Waals surface area contributed by atoms with Gasteiger partial charge in [-0.1, -0.05) is 0 Å². The first-order valence-electron chi connectivity index (χ1n) is 9.17. The normalized spacial score (nSPS) is 15.2. The molecule has 0 saturated carbocycles. The zero-order valence-corrected chi connectivity index (χ0v) is 17.1. The molecule has 0 atom stereocenters. The lowest BCUT2D eigenvalue weighted by Gasteiger charge is -2.34. The number of methoxy groups -OCH3 is 1. The molecule has 29 heavy (non-hydrogen) atoms. The predicted molar refractivity (Wildman–Crippen MR) is 109 cm³/mol. The Morgan fingerprint density at radius 2 is 1.90 bits per heavy atom. The van der Waals surface area contributed by atoms with Crippen molar-refractivity contribution in [3.8, 4) is 5.75 Å². The van der Waals surface area contributed by atoms with Crippen molar-refractivity contribution in [2.75, 3.05) is 50.1 Å². The molecule has 1 saturated heterocycles. The van der Waals surface area contributed by atoms with E-state index in [0.29, 0.717) is 24.7 Å². The van der Waals surface area contributed by atoms with Crippen molar-refractivity contribution >= 4 is 27.6 Å². The number of carbonyl (C=O) groups is 1. The fourth-order valence-corrected chi connectivity index (χ4v) is 4.56. The molecular formula is C18H24N6O4S. The molecule has 2 heterocycles. The van der Waals surface area contributed by atoms with Crippen molar-refractivity contribution < 1.29 is 17.9 Å². The highest BCUT2D eigenvalue weighted by molar-refractivity contribution is 7.89. The molecule has 1 aliphatic heterocycles. The highest BCUT2D eigenvalue weighted by Gasteiger charge is 2.30. The van der Waals surface area contributed by atoms with Gasteiger partial charge in [0.05, 0.1) is 17.6 Å². The summed E-state index contributed by atoms with van der Waals surface area (Å²) in [5.74, 6) is 0.885. The van der Waals surface area contributed by atoms with Crippen LogP contribution in [0.4, 0.5) is 11.6 Å². The van der Waals surface area contributed by atoms with Crippen LogP contribution in [0.2, 0.25) is 0 Å². The number of hydrogen-bond acceptors (Lipinski definition) is 8. The highest BCUT2D eigenvalue weighted by atomic mass is 32.2. The fraction of sp³-hybridized carbons (Fsp3) is 0.389. The third kappa shape index (κ3) is 4.40. The summed E-state index contributed by atoms with van der Waals surface area (Å²) < 4.78 is 32.5. The quantitative estimate of drug-likeness (QED) is 0.663. The van der Waals surface area contributed by atoms with Gasteiger partial charge in [0.1, 0.15) is 11.6 Å². The highest BCUT2D eigenvalue weighted by Crippen LogP contribution is 2.25. The molecular weight excluding hydrogens is 396 g/mol. The first-order valence-corrected chi connectivity index (χ1v) is 10.6. The summed E-state index contributed by atoms with van der Waals surface area (Å²) in [5, 5.41) is 11.4. The zero-order valence-electron chi connectivity index (χ0n) is 16.3. The summed E-state index contributed by atoms with van der Waals surface area (Å²) in [5.41, 5.74) is 5.37. The maximum absolute atomic E-state index is 13.0. The maximum atomic E-state index is 13.0. The molecule has 2 aromatic rings. The SMILES string of the molecule is CCNc1ccc(N2CCN(S(=O)(=O)c3ccc(OC)c(C(N)=O)c3)CC2)nn1. The Balaban J connectivity index is 1.72. The number of amides is 1. The standard InChI is InChI=1S/C18H24N6O4S/c1-3-20-16-6-7-17(22-21-16)23-8-10-24(11-9-23)29(26,27)13-4-5-15(28-2)14(12-13)18(19)25/h4-7,12H,3,8-11H2,1-2H3,(H2,19,25)(H,20,21). The molecule has 0 spiro atoms. The van der Waals surface area contributed by atoms with Gasteiger partial charge >= 0.3 is 0 Å². The molecule has 1 fully saturated rings. The van der Waals surface area contributed by atoms with Crippen LogP contribution in [-0.4, -0.2) is 68.7 Å². The van der Waals surface area contributed by atoms with Gasteiger partial charge in [-0.25, -0.2) is 8.42 Å². The number of anilines is 2. The predicted octanol–water partition coefficient (Wildman–Crippen LogP) is 0.527. The Bertz CT molecular complexity index is 972. The lowest BCUT2D eigenvalue weighted by Crippen LogP contribution is -2.49. The van der Waals surface area contributed by atoms with Crippen molar-refractivity contribution in [2.45, 2.75) is 11.8 Å². The molecule has 156 valence electrons. The Morgan fingerprint density at radius 3 is 2.45 bits per heavy atom. The fourth-order valence-electron chi connectivity index (χ4n) is 3.12. The van der Waals surface area contributed by atoms with E-state index >= 15 is 0 Å². The van der Waals surface area contributed by atoms with E-state index in [1.807, 2.05) is 24.0 Å². The van der Waals surface area contributed by atoms with Crippen LogP contribution in [0.25, 0.3) is 0 Å². The van der Waals surface area contributed by atoms with Crippen molar-refractivity contribution in [1.29, 1.82) is 0 Å². The minimum absolute atomic E-state index is 0.00957. The van der Waals surface area contributed by atoms with Gasteiger partial charge in [0.15, 0.2) is 5.82 Å². The van der Waals surface area contributed by atoms with E-state index in [1.165, 1.54) is 29.6 Å². The van der Waals surface area contributed by atoms with Crippen LogP contribution in [0.15, 0.2) is 35.2 Å². The molecule has 0 bridgehead atoms. The minimum Gasteiger partial charge on any atom is -0.496 e. The molecule has 3 rings (SSSR count). The average molecular weight is 420 g/mol. The average Bonchev–Trinajstić information content (AvgIpc) is 2.74. The molecule has 1 aromatic carbocycles. The maximum Gasteiger partial charge on any atom is 0.252 e. The lowest BCUT2D eigenvalue weighted by atomic mass is 10.2. The second-order valence-corrected chi connectivity index (χ2v) is 8.36. The van der Waals surface area contributed by atoms with Crippen molar-refractivity contribution in [1.82, 2.24) is 14.5 Å². The van der Waals surface area contributed by atoms with Crippen LogP contribution >= 0.6 is 0 Å². The van der Waals surface area contributed by atoms with Gasteiger partial charge in [0, 0.05) is 32.7 Å². The summed E-state index contributed by atoms with van der Waals surface area (Å²) >= 11 is 0. The molecule has 10 nitrogen and oxygen atoms in total. The molecule has 0 aliphatic carbocycles. The number of primary amides is 1. The van der Waals surface area contributed by atoms with Gasteiger partial charge in [0.2, 0.25) is 10.0 Å². The zero-order chi connectivity index (χ0) is 21.0. The van der Waals surface area contributed by atoms with Gasteiger partial charge in [0.25, 0.3) is 5.91 Å². The van der Waals surface area contributed by atoms with Gasteiger partial charge in [-0.3, -0.25) is 4.79 Å². The van der Waals surface area contributed by atoms with Gasteiger partial charge in [-0.05, 0) is 37.3 Å². The second kappa shape index (κ2) is 8.62. The Kier molecular flexibility index (Phi) is 6.18. The van der Waals surface area contributed by atoms with E-state index in [2.05, 4.69) is 15.5 Å². The van der Waals surface area contributed by atoms with Crippen LogP contribution in [0.3, 0.4) is 0 Å². The summed E-state index contributed by atoms with van der Waals surface area (Å²) in [6, 6.07) is 7.81. The van der Waals surface area contributed by atoms with Gasteiger partial charge < -0.3 is 20.7 Å². The molecule has 1 amide bonds. The van der Waals surface area contributed by atoms with Crippen LogP contribution in [0.5, 0.6) is 5.75 Å². The van der Waals surface area contributed by atoms with Gasteiger partial charge in [-0.15, -0.1) is 10.2 Å². The van der Waals surface area contributed by atoms with Crippen molar-refractivity contribution in [2.24, 2.45) is 5.73 Å². The van der Waals surface area contributed by atoms with Crippen LogP contribution < -0.4 is 20.7 Å². The molecule has 1 aliphatic rings. The summed E-state index contributed by atoms with van der Waals surface area (Å²) in [6.07, 6.45) is 0. The molecule has 1 aromatic heterocycles. The van der Waals surface area contributed by atoms with Gasteiger partial charge in [-0.2, -0.15) is 4.31 Å². The first kappa shape index (κ1) is 20.8. The van der Waals surface area contributed by atoms with Crippen LogP contribution in [-0.2, 0) is 10.0 Å². The number of rotatable bonds is 7. The second-order valence-electron chi connectivity index (χ2n) is 6.42. The number of nitrogens with zero attached hydrogens (tertiary/aromatic N) is 4. The largest absolute Gasteiger partial charge is 0.496 e. The number of nitrogens with two attached hydrogens (primary N) is 1. The van der Waals surface area contributed by atoms with E-state index in [4.69, 9.17) is 10.5 Å². The summed E-state index contributed by atoms with van der Waals surface area (Å²) in [6.45, 7) is 4.27. The number of ether oxygens (including phenoxy) is 1. The number of piperazine rings is 1. The number of aromatic nitrogens is 2. The molecule has 11 heteroatoms. The smallest absolute Gasteiger partial charge is 0.252 e. The first-order chi connectivity index (χ1) is 13.9. The van der Waals surface area contributed by atoms with E-state index in [9.17, 15) is 13.2 Å². The topological polar surface area (TPSA) is 131 Å². The monoisotopic (exact) mass is 420 g/mol. The summed E-state index contributed by atoms with van der Waals surface area (Å²) in [4.78, 5) is 13.6. The number of nitrogens with one attached hydrogen (secondary N) is 1. The third-order valence-corrected chi connectivity index (χ3v) is 6.54. The Hall–Kier alpha value is -2.92. The number of hydrogen-bond donors (Lipinski definition) is 2. The number of benzene rings is 1. The molecule has 0 radical (unpaired) electrons. The minimum atomic E-state index is -3.77. The Morgan fingerprint density at radius 1 is 1.17 bits per heavy atom. The Labute approximate surface area is 169 Å². The van der Waals surface area contributed by atoms with E-state index < -0.39 is 15.9 Å². The van der Waals surface area contributed by atoms with E-state index in [1.54, 1.807) is 0 Å². The summed E-state index contributed by atoms with van der Waals surface area (Å²) in [7, 11) is -2.37. The van der Waals surface area contributed by atoms with Crippen LogP contribution in [0, 0.1) is 0 Å². The van der Waals surface area contributed by atoms with Crippen LogP contribution in [0.1, 0.15) is 17.3 Å². The number of carbonyl (C=O) groups excluding carboxylic acids is 1. The molecule has 0 unspecified atom stereocenters. The number of sulfonamides is 1. The lowest BCUT2D eigenvalue weighted by molar-refractivity contribution is 0.0997. The third-order valence-electron chi connectivity index (χ3n) is 4.65. The van der Waals surface area contributed by atoms with Crippen molar-refractivity contribution in [3.05, 3.63) is 35.9 Å². The van der Waals surface area contributed by atoms with Crippen molar-refractivity contribution in [3.63, 3.8) is 0 Å². The van der Waals surface area contributed by atoms with E-state index in [0.717, 1.165) is 6.54 Å².